The van der Waals surface area contributed by atoms with Crippen LogP contribution in [0.1, 0.15) is 51.6 Å². The van der Waals surface area contributed by atoms with Gasteiger partial charge in [0.2, 0.25) is 0 Å². The minimum absolute atomic E-state index is 0.147. The van der Waals surface area contributed by atoms with Gasteiger partial charge in [0.25, 0.3) is 0 Å². The van der Waals surface area contributed by atoms with E-state index in [1.165, 1.54) is 19.3 Å². The Hall–Kier alpha value is -1.22. The Bertz CT molecular complexity index is 442. The molecule has 0 radical (unpaired) electrons. The summed E-state index contributed by atoms with van der Waals surface area (Å²) in [6, 6.07) is 6.17. The molecule has 1 aromatic rings. The Kier molecular flexibility index (Phi) is 4.04. The van der Waals surface area contributed by atoms with Gasteiger partial charge >= 0.3 is 0 Å². The molecule has 0 spiro atoms. The van der Waals surface area contributed by atoms with E-state index >= 15 is 0 Å². The molecule has 0 aliphatic heterocycles. The van der Waals surface area contributed by atoms with Crippen LogP contribution in [-0.2, 0) is 0 Å². The first-order valence-corrected chi connectivity index (χ1v) is 7.07. The Balaban J connectivity index is 2.09. The van der Waals surface area contributed by atoms with Crippen molar-refractivity contribution in [2.24, 2.45) is 5.41 Å². The molecule has 1 aliphatic rings. The van der Waals surface area contributed by atoms with Crippen LogP contribution in [0, 0.1) is 5.41 Å². The van der Waals surface area contributed by atoms with Gasteiger partial charge in [0.05, 0.1) is 7.11 Å². The molecule has 2 unspecified atom stereocenters. The van der Waals surface area contributed by atoms with Gasteiger partial charge in [0.1, 0.15) is 11.5 Å². The van der Waals surface area contributed by atoms with Crippen molar-refractivity contribution in [1.82, 2.24) is 5.32 Å². The molecule has 3 heteroatoms. The van der Waals surface area contributed by atoms with Crippen molar-refractivity contribution in [2.45, 2.75) is 52.1 Å². The van der Waals surface area contributed by atoms with Crippen molar-refractivity contribution in [3.8, 4) is 11.5 Å². The fourth-order valence-electron chi connectivity index (χ4n) is 3.04. The van der Waals surface area contributed by atoms with E-state index in [1.54, 1.807) is 13.2 Å². The van der Waals surface area contributed by atoms with Crippen LogP contribution in [-0.4, -0.2) is 18.3 Å². The topological polar surface area (TPSA) is 41.5 Å². The van der Waals surface area contributed by atoms with Crippen LogP contribution >= 0.6 is 0 Å². The van der Waals surface area contributed by atoms with Crippen LogP contribution in [0.4, 0.5) is 0 Å². The Morgan fingerprint density at radius 3 is 2.68 bits per heavy atom. The first kappa shape index (κ1) is 14.2. The normalized spacial score (nSPS) is 23.3. The number of ether oxygens (including phenoxy) is 1. The molecule has 0 saturated heterocycles. The molecule has 2 N–H and O–H groups in total. The van der Waals surface area contributed by atoms with Crippen molar-refractivity contribution in [3.05, 3.63) is 23.8 Å². The summed E-state index contributed by atoms with van der Waals surface area (Å²) in [5.41, 5.74) is 1.28. The summed E-state index contributed by atoms with van der Waals surface area (Å²) in [7, 11) is 1.61. The smallest absolute Gasteiger partial charge is 0.124 e. The van der Waals surface area contributed by atoms with E-state index in [0.29, 0.717) is 23.0 Å². The fourth-order valence-corrected chi connectivity index (χ4v) is 3.04. The number of aromatic hydroxyl groups is 1. The molecule has 1 saturated carbocycles. The van der Waals surface area contributed by atoms with Crippen molar-refractivity contribution < 1.29 is 9.84 Å². The lowest BCUT2D eigenvalue weighted by molar-refractivity contribution is 0.264. The van der Waals surface area contributed by atoms with E-state index < -0.39 is 0 Å². The Morgan fingerprint density at radius 2 is 2.16 bits per heavy atom. The maximum atomic E-state index is 10.1. The van der Waals surface area contributed by atoms with E-state index in [1.807, 2.05) is 12.1 Å². The molecule has 1 aliphatic carbocycles. The molecule has 2 rings (SSSR count). The number of phenols is 1. The molecule has 0 amide bonds. The zero-order valence-corrected chi connectivity index (χ0v) is 12.4. The van der Waals surface area contributed by atoms with Crippen molar-refractivity contribution in [3.63, 3.8) is 0 Å². The highest BCUT2D eigenvalue weighted by Gasteiger charge is 2.35. The number of hydrogen-bond acceptors (Lipinski definition) is 3. The molecule has 1 fully saturated rings. The molecular weight excluding hydrogens is 238 g/mol. The van der Waals surface area contributed by atoms with Crippen LogP contribution in [0.15, 0.2) is 18.2 Å². The van der Waals surface area contributed by atoms with E-state index in [-0.39, 0.29) is 6.04 Å². The molecule has 0 heterocycles. The number of nitrogens with one attached hydrogen (secondary N) is 1. The van der Waals surface area contributed by atoms with Gasteiger partial charge in [-0.05, 0) is 31.2 Å². The summed E-state index contributed by atoms with van der Waals surface area (Å²) in [5, 5.41) is 13.7. The van der Waals surface area contributed by atoms with Gasteiger partial charge in [0.15, 0.2) is 0 Å². The van der Waals surface area contributed by atoms with E-state index in [0.717, 1.165) is 5.56 Å². The van der Waals surface area contributed by atoms with Crippen LogP contribution in [0.5, 0.6) is 11.5 Å². The summed E-state index contributed by atoms with van der Waals surface area (Å²) in [4.78, 5) is 0. The second-order valence-electron chi connectivity index (χ2n) is 6.25. The average molecular weight is 263 g/mol. The summed E-state index contributed by atoms with van der Waals surface area (Å²) in [6.45, 7) is 6.74. The number of benzene rings is 1. The summed E-state index contributed by atoms with van der Waals surface area (Å²) < 4.78 is 5.12. The van der Waals surface area contributed by atoms with Gasteiger partial charge in [-0.3, -0.25) is 0 Å². The fraction of sp³-hybridized carbons (Fsp3) is 0.625. The summed E-state index contributed by atoms with van der Waals surface area (Å²) in [5.74, 6) is 0.991. The molecule has 0 bridgehead atoms. The standard InChI is InChI=1S/C16H25NO2/c1-11(17-15-6-5-9-16(15,2)3)13-8-7-12(19-4)10-14(13)18/h7-8,10-11,15,17-18H,5-6,9H2,1-4H3. The molecule has 0 aromatic heterocycles. The molecular formula is C16H25NO2. The molecule has 19 heavy (non-hydrogen) atoms. The predicted molar refractivity (Wildman–Crippen MR) is 77.6 cm³/mol. The van der Waals surface area contributed by atoms with Crippen LogP contribution in [0.3, 0.4) is 0 Å². The lowest BCUT2D eigenvalue weighted by Gasteiger charge is -2.31. The van der Waals surface area contributed by atoms with Crippen LogP contribution in [0.2, 0.25) is 0 Å². The second kappa shape index (κ2) is 5.41. The zero-order valence-electron chi connectivity index (χ0n) is 12.4. The number of phenolic OH excluding ortho intramolecular Hbond substituents is 1. The van der Waals surface area contributed by atoms with Crippen LogP contribution < -0.4 is 10.1 Å². The van der Waals surface area contributed by atoms with Crippen LogP contribution in [0.25, 0.3) is 0 Å². The predicted octanol–water partition coefficient (Wildman–Crippen LogP) is 3.63. The van der Waals surface area contributed by atoms with Crippen molar-refractivity contribution in [1.29, 1.82) is 0 Å². The number of hydrogen-bond donors (Lipinski definition) is 2. The van der Waals surface area contributed by atoms with Crippen molar-refractivity contribution in [2.75, 3.05) is 7.11 Å². The molecule has 1 aromatic carbocycles. The average Bonchev–Trinajstić information content (AvgIpc) is 2.68. The SMILES string of the molecule is COc1ccc(C(C)NC2CCCC2(C)C)c(O)c1. The Labute approximate surface area is 116 Å². The maximum Gasteiger partial charge on any atom is 0.124 e. The zero-order chi connectivity index (χ0) is 14.0. The summed E-state index contributed by atoms with van der Waals surface area (Å²) in [6.07, 6.45) is 3.77. The first-order valence-electron chi connectivity index (χ1n) is 7.07. The minimum atomic E-state index is 0.147. The molecule has 3 nitrogen and oxygen atoms in total. The monoisotopic (exact) mass is 263 g/mol. The number of methoxy groups -OCH3 is 1. The lowest BCUT2D eigenvalue weighted by Crippen LogP contribution is -2.39. The quantitative estimate of drug-likeness (QED) is 0.871. The highest BCUT2D eigenvalue weighted by Crippen LogP contribution is 2.39. The van der Waals surface area contributed by atoms with Crippen molar-refractivity contribution >= 4 is 0 Å². The van der Waals surface area contributed by atoms with Gasteiger partial charge < -0.3 is 15.2 Å². The third-order valence-corrected chi connectivity index (χ3v) is 4.41. The third-order valence-electron chi connectivity index (χ3n) is 4.41. The second-order valence-corrected chi connectivity index (χ2v) is 6.25. The largest absolute Gasteiger partial charge is 0.507 e. The Morgan fingerprint density at radius 1 is 1.42 bits per heavy atom. The number of rotatable bonds is 4. The van der Waals surface area contributed by atoms with Gasteiger partial charge in [-0.15, -0.1) is 0 Å². The van der Waals surface area contributed by atoms with E-state index in [9.17, 15) is 5.11 Å². The molecule has 106 valence electrons. The van der Waals surface area contributed by atoms with Gasteiger partial charge in [-0.1, -0.05) is 26.3 Å². The maximum absolute atomic E-state index is 10.1. The molecule has 2 atom stereocenters. The first-order chi connectivity index (χ1) is 8.94. The summed E-state index contributed by atoms with van der Waals surface area (Å²) >= 11 is 0. The van der Waals surface area contributed by atoms with Gasteiger partial charge in [0, 0.05) is 23.7 Å². The van der Waals surface area contributed by atoms with E-state index in [2.05, 4.69) is 26.1 Å². The highest BCUT2D eigenvalue weighted by molar-refractivity contribution is 5.41. The van der Waals surface area contributed by atoms with Gasteiger partial charge in [-0.25, -0.2) is 0 Å². The highest BCUT2D eigenvalue weighted by atomic mass is 16.5. The lowest BCUT2D eigenvalue weighted by atomic mass is 9.86. The van der Waals surface area contributed by atoms with E-state index in [4.69, 9.17) is 4.74 Å². The minimum Gasteiger partial charge on any atom is -0.507 e. The van der Waals surface area contributed by atoms with Gasteiger partial charge in [-0.2, -0.15) is 0 Å². The third kappa shape index (κ3) is 3.03.